The predicted molar refractivity (Wildman–Crippen MR) is 64.2 cm³/mol. The van der Waals surface area contributed by atoms with E-state index in [1.165, 1.54) is 0 Å². The van der Waals surface area contributed by atoms with Crippen LogP contribution in [-0.2, 0) is 4.74 Å². The number of morpholine rings is 1. The second-order valence-electron chi connectivity index (χ2n) is 4.15. The number of ether oxygens (including phenoxy) is 1. The van der Waals surface area contributed by atoms with Gasteiger partial charge in [0, 0.05) is 6.54 Å². The molecular formula is C12H16ClNO2. The standard InChI is InChI=1S/C12H16ClNO2/c1-7-5-9(8(2)11(13)12(7)15)10-6-16-4-3-14-10/h5,10,14-15H,3-4,6H2,1-2H3. The third-order valence-electron chi connectivity index (χ3n) is 3.01. The van der Waals surface area contributed by atoms with Crippen LogP contribution in [-0.4, -0.2) is 24.9 Å². The van der Waals surface area contributed by atoms with Crippen LogP contribution in [0.25, 0.3) is 0 Å². The second kappa shape index (κ2) is 4.62. The van der Waals surface area contributed by atoms with E-state index in [-0.39, 0.29) is 11.8 Å². The Hall–Kier alpha value is -0.770. The molecule has 2 N–H and O–H groups in total. The molecule has 0 bridgehead atoms. The predicted octanol–water partition coefficient (Wildman–Crippen LogP) is 2.32. The number of phenols is 1. The Balaban J connectivity index is 2.40. The van der Waals surface area contributed by atoms with Gasteiger partial charge in [-0.3, -0.25) is 0 Å². The lowest BCUT2D eigenvalue weighted by Crippen LogP contribution is -2.35. The molecule has 1 saturated heterocycles. The maximum absolute atomic E-state index is 9.73. The summed E-state index contributed by atoms with van der Waals surface area (Å²) in [5, 5.41) is 13.6. The highest BCUT2D eigenvalue weighted by atomic mass is 35.5. The zero-order chi connectivity index (χ0) is 11.7. The minimum atomic E-state index is 0.172. The SMILES string of the molecule is Cc1cc(C2COCCN2)c(C)c(Cl)c1O. The van der Waals surface area contributed by atoms with Crippen molar-refractivity contribution in [1.29, 1.82) is 0 Å². The molecule has 0 spiro atoms. The Morgan fingerprint density at radius 1 is 1.50 bits per heavy atom. The molecule has 1 unspecified atom stereocenters. The minimum Gasteiger partial charge on any atom is -0.506 e. The lowest BCUT2D eigenvalue weighted by molar-refractivity contribution is 0.0766. The van der Waals surface area contributed by atoms with E-state index in [0.29, 0.717) is 11.6 Å². The Labute approximate surface area is 100 Å². The summed E-state index contributed by atoms with van der Waals surface area (Å²) in [4.78, 5) is 0. The van der Waals surface area contributed by atoms with Crippen molar-refractivity contribution in [3.05, 3.63) is 27.8 Å². The van der Waals surface area contributed by atoms with Gasteiger partial charge in [-0.2, -0.15) is 0 Å². The van der Waals surface area contributed by atoms with Crippen LogP contribution < -0.4 is 5.32 Å². The molecular weight excluding hydrogens is 226 g/mol. The number of aromatic hydroxyl groups is 1. The average Bonchev–Trinajstić information content (AvgIpc) is 2.32. The molecule has 3 nitrogen and oxygen atoms in total. The third kappa shape index (κ3) is 2.03. The van der Waals surface area contributed by atoms with E-state index in [1.807, 2.05) is 19.9 Å². The molecule has 1 aromatic carbocycles. The zero-order valence-electron chi connectivity index (χ0n) is 9.51. The van der Waals surface area contributed by atoms with Crippen LogP contribution in [0.1, 0.15) is 22.7 Å². The summed E-state index contributed by atoms with van der Waals surface area (Å²) in [5.74, 6) is 0.180. The Morgan fingerprint density at radius 3 is 2.88 bits per heavy atom. The number of halogens is 1. The van der Waals surface area contributed by atoms with Crippen LogP contribution in [0.15, 0.2) is 6.07 Å². The largest absolute Gasteiger partial charge is 0.506 e. The van der Waals surface area contributed by atoms with Gasteiger partial charge in [-0.25, -0.2) is 0 Å². The topological polar surface area (TPSA) is 41.5 Å². The fourth-order valence-electron chi connectivity index (χ4n) is 2.01. The summed E-state index contributed by atoms with van der Waals surface area (Å²) in [6.45, 7) is 6.03. The Kier molecular flexibility index (Phi) is 3.38. The maximum atomic E-state index is 9.73. The van der Waals surface area contributed by atoms with Gasteiger partial charge in [0.1, 0.15) is 5.75 Å². The highest BCUT2D eigenvalue weighted by molar-refractivity contribution is 6.33. The molecule has 1 aliphatic heterocycles. The number of hydrogen-bond donors (Lipinski definition) is 2. The summed E-state index contributed by atoms with van der Waals surface area (Å²) in [6, 6.07) is 2.15. The molecule has 1 aliphatic rings. The molecule has 2 rings (SSSR count). The second-order valence-corrected chi connectivity index (χ2v) is 4.53. The van der Waals surface area contributed by atoms with Gasteiger partial charge in [0.2, 0.25) is 0 Å². The summed E-state index contributed by atoms with van der Waals surface area (Å²) < 4.78 is 5.43. The smallest absolute Gasteiger partial charge is 0.137 e. The van der Waals surface area contributed by atoms with Crippen molar-refractivity contribution >= 4 is 11.6 Å². The van der Waals surface area contributed by atoms with Crippen LogP contribution in [0.2, 0.25) is 5.02 Å². The minimum absolute atomic E-state index is 0.172. The van der Waals surface area contributed by atoms with Crippen molar-refractivity contribution < 1.29 is 9.84 Å². The average molecular weight is 242 g/mol. The Morgan fingerprint density at radius 2 is 2.25 bits per heavy atom. The van der Waals surface area contributed by atoms with Crippen LogP contribution >= 0.6 is 11.6 Å². The first kappa shape index (κ1) is 11.7. The van der Waals surface area contributed by atoms with E-state index in [4.69, 9.17) is 16.3 Å². The number of aryl methyl sites for hydroxylation is 1. The molecule has 0 saturated carbocycles. The summed E-state index contributed by atoms with van der Waals surface area (Å²) >= 11 is 6.09. The zero-order valence-corrected chi connectivity index (χ0v) is 10.3. The quantitative estimate of drug-likeness (QED) is 0.793. The molecule has 1 atom stereocenters. The van der Waals surface area contributed by atoms with E-state index in [9.17, 15) is 5.11 Å². The van der Waals surface area contributed by atoms with Crippen molar-refractivity contribution in [3.8, 4) is 5.75 Å². The molecule has 1 heterocycles. The Bertz CT molecular complexity index is 400. The third-order valence-corrected chi connectivity index (χ3v) is 3.48. The summed E-state index contributed by atoms with van der Waals surface area (Å²) in [5.41, 5.74) is 2.84. The van der Waals surface area contributed by atoms with E-state index < -0.39 is 0 Å². The van der Waals surface area contributed by atoms with Gasteiger partial charge in [0.05, 0.1) is 24.3 Å². The highest BCUT2D eigenvalue weighted by Crippen LogP contribution is 2.35. The lowest BCUT2D eigenvalue weighted by Gasteiger charge is -2.26. The number of hydrogen-bond acceptors (Lipinski definition) is 3. The fraction of sp³-hybridized carbons (Fsp3) is 0.500. The molecule has 0 aromatic heterocycles. The molecule has 0 amide bonds. The summed E-state index contributed by atoms with van der Waals surface area (Å²) in [7, 11) is 0. The van der Waals surface area contributed by atoms with Crippen LogP contribution in [0.3, 0.4) is 0 Å². The molecule has 0 radical (unpaired) electrons. The molecule has 88 valence electrons. The van der Waals surface area contributed by atoms with Gasteiger partial charge in [-0.05, 0) is 30.5 Å². The van der Waals surface area contributed by atoms with Gasteiger partial charge in [-0.15, -0.1) is 0 Å². The van der Waals surface area contributed by atoms with Gasteiger partial charge in [0.15, 0.2) is 0 Å². The molecule has 1 aromatic rings. The maximum Gasteiger partial charge on any atom is 0.137 e. The van der Waals surface area contributed by atoms with Crippen LogP contribution in [0.5, 0.6) is 5.75 Å². The van der Waals surface area contributed by atoms with Gasteiger partial charge in [0.25, 0.3) is 0 Å². The summed E-state index contributed by atoms with van der Waals surface area (Å²) in [6.07, 6.45) is 0. The van der Waals surface area contributed by atoms with Crippen molar-refractivity contribution in [1.82, 2.24) is 5.32 Å². The van der Waals surface area contributed by atoms with E-state index >= 15 is 0 Å². The molecule has 0 aliphatic carbocycles. The first-order chi connectivity index (χ1) is 7.61. The monoisotopic (exact) mass is 241 g/mol. The van der Waals surface area contributed by atoms with Crippen molar-refractivity contribution in [3.63, 3.8) is 0 Å². The number of phenolic OH excluding ortho intramolecular Hbond substituents is 1. The van der Waals surface area contributed by atoms with Gasteiger partial charge in [-0.1, -0.05) is 17.7 Å². The molecule has 1 fully saturated rings. The van der Waals surface area contributed by atoms with E-state index in [0.717, 1.165) is 29.8 Å². The van der Waals surface area contributed by atoms with Crippen molar-refractivity contribution in [2.75, 3.05) is 19.8 Å². The van der Waals surface area contributed by atoms with Gasteiger partial charge < -0.3 is 15.2 Å². The first-order valence-electron chi connectivity index (χ1n) is 5.41. The van der Waals surface area contributed by atoms with Crippen LogP contribution in [0, 0.1) is 13.8 Å². The number of rotatable bonds is 1. The van der Waals surface area contributed by atoms with E-state index in [2.05, 4.69) is 5.32 Å². The lowest BCUT2D eigenvalue weighted by atomic mass is 9.98. The number of benzene rings is 1. The highest BCUT2D eigenvalue weighted by Gasteiger charge is 2.20. The number of nitrogens with one attached hydrogen (secondary N) is 1. The van der Waals surface area contributed by atoms with Gasteiger partial charge >= 0.3 is 0 Å². The first-order valence-corrected chi connectivity index (χ1v) is 5.78. The van der Waals surface area contributed by atoms with Crippen molar-refractivity contribution in [2.24, 2.45) is 0 Å². The van der Waals surface area contributed by atoms with Crippen LogP contribution in [0.4, 0.5) is 0 Å². The fourth-order valence-corrected chi connectivity index (χ4v) is 2.27. The molecule has 16 heavy (non-hydrogen) atoms. The van der Waals surface area contributed by atoms with E-state index in [1.54, 1.807) is 0 Å². The normalized spacial score (nSPS) is 21.1. The molecule has 4 heteroatoms. The van der Waals surface area contributed by atoms with Crippen molar-refractivity contribution in [2.45, 2.75) is 19.9 Å².